The molecule has 0 aromatic carbocycles. The first kappa shape index (κ1) is 21.2. The Bertz CT molecular complexity index is 480. The summed E-state index contributed by atoms with van der Waals surface area (Å²) in [6.45, 7) is 5.60. The van der Waals surface area contributed by atoms with Gasteiger partial charge in [-0.15, -0.1) is 0 Å². The molecule has 1 unspecified atom stereocenters. The lowest BCUT2D eigenvalue weighted by Gasteiger charge is -2.13. The van der Waals surface area contributed by atoms with E-state index < -0.39 is 0 Å². The fourth-order valence-electron chi connectivity index (χ4n) is 2.44. The SMILES string of the molecule is CC(=O)NCCOCCOCCCC(=O)CCN1C(=O)CC(C)C1=O. The molecule has 1 saturated heterocycles. The van der Waals surface area contributed by atoms with Crippen LogP contribution in [0.5, 0.6) is 0 Å². The number of ketones is 1. The summed E-state index contributed by atoms with van der Waals surface area (Å²) >= 11 is 0. The molecule has 0 radical (unpaired) electrons. The fourth-order valence-corrected chi connectivity index (χ4v) is 2.44. The normalized spacial score (nSPS) is 17.2. The average Bonchev–Trinajstić information content (AvgIpc) is 2.79. The Balaban J connectivity index is 1.95. The molecule has 8 heteroatoms. The number of carbonyl (C=O) groups excluding carboxylic acids is 4. The Morgan fingerprint density at radius 2 is 1.80 bits per heavy atom. The van der Waals surface area contributed by atoms with Crippen LogP contribution in [0.3, 0.4) is 0 Å². The molecule has 1 heterocycles. The van der Waals surface area contributed by atoms with Crippen molar-refractivity contribution >= 4 is 23.5 Å². The van der Waals surface area contributed by atoms with Crippen molar-refractivity contribution in [3.8, 4) is 0 Å². The lowest BCUT2D eigenvalue weighted by molar-refractivity contribution is -0.139. The molecule has 3 amide bonds. The number of nitrogens with one attached hydrogen (secondary N) is 1. The standard InChI is InChI=1S/C17H28N2O6/c1-13-12-16(22)19(17(13)23)7-5-15(21)4-3-8-24-10-11-25-9-6-18-14(2)20/h13H,3-12H2,1-2H3,(H,18,20). The minimum absolute atomic E-state index is 0.0234. The van der Waals surface area contributed by atoms with Crippen molar-refractivity contribution in [3.63, 3.8) is 0 Å². The molecular weight excluding hydrogens is 328 g/mol. The zero-order chi connectivity index (χ0) is 18.7. The molecule has 142 valence electrons. The van der Waals surface area contributed by atoms with Gasteiger partial charge in [-0.3, -0.25) is 24.1 Å². The number of amides is 3. The van der Waals surface area contributed by atoms with Crippen molar-refractivity contribution in [2.75, 3.05) is 39.5 Å². The third-order valence-corrected chi connectivity index (χ3v) is 3.82. The molecule has 1 rings (SSSR count). The van der Waals surface area contributed by atoms with Gasteiger partial charge in [0.15, 0.2) is 0 Å². The van der Waals surface area contributed by atoms with Crippen molar-refractivity contribution in [2.24, 2.45) is 5.92 Å². The number of likely N-dealkylation sites (tertiary alicyclic amines) is 1. The first-order valence-electron chi connectivity index (χ1n) is 8.67. The molecule has 0 bridgehead atoms. The van der Waals surface area contributed by atoms with E-state index in [9.17, 15) is 19.2 Å². The molecule has 1 N–H and O–H groups in total. The number of Topliss-reactive ketones (excluding diaryl/α,β-unsaturated/α-hetero) is 1. The zero-order valence-electron chi connectivity index (χ0n) is 15.0. The maximum atomic E-state index is 11.8. The molecule has 0 aromatic heterocycles. The number of carbonyl (C=O) groups is 4. The van der Waals surface area contributed by atoms with E-state index in [4.69, 9.17) is 9.47 Å². The zero-order valence-corrected chi connectivity index (χ0v) is 15.0. The van der Waals surface area contributed by atoms with E-state index in [2.05, 4.69) is 5.32 Å². The van der Waals surface area contributed by atoms with Gasteiger partial charge in [-0.05, 0) is 6.42 Å². The maximum absolute atomic E-state index is 11.8. The second-order valence-corrected chi connectivity index (χ2v) is 6.09. The minimum Gasteiger partial charge on any atom is -0.379 e. The highest BCUT2D eigenvalue weighted by Gasteiger charge is 2.35. The van der Waals surface area contributed by atoms with Crippen molar-refractivity contribution in [3.05, 3.63) is 0 Å². The summed E-state index contributed by atoms with van der Waals surface area (Å²) in [5.41, 5.74) is 0. The van der Waals surface area contributed by atoms with Gasteiger partial charge < -0.3 is 14.8 Å². The smallest absolute Gasteiger partial charge is 0.232 e. The third-order valence-electron chi connectivity index (χ3n) is 3.82. The Morgan fingerprint density at radius 3 is 2.40 bits per heavy atom. The van der Waals surface area contributed by atoms with Gasteiger partial charge in [-0.1, -0.05) is 6.92 Å². The van der Waals surface area contributed by atoms with E-state index in [1.54, 1.807) is 6.92 Å². The van der Waals surface area contributed by atoms with E-state index in [0.29, 0.717) is 45.8 Å². The molecule has 0 aliphatic carbocycles. The second-order valence-electron chi connectivity index (χ2n) is 6.09. The summed E-state index contributed by atoms with van der Waals surface area (Å²) in [7, 11) is 0. The summed E-state index contributed by atoms with van der Waals surface area (Å²) in [5, 5.41) is 2.62. The van der Waals surface area contributed by atoms with Crippen LogP contribution in [0.2, 0.25) is 0 Å². The molecule has 0 aromatic rings. The first-order valence-corrected chi connectivity index (χ1v) is 8.67. The van der Waals surface area contributed by atoms with E-state index in [-0.39, 0.29) is 48.8 Å². The highest BCUT2D eigenvalue weighted by atomic mass is 16.5. The van der Waals surface area contributed by atoms with Crippen LogP contribution in [-0.2, 0) is 28.7 Å². The number of imide groups is 1. The summed E-state index contributed by atoms with van der Waals surface area (Å²) in [4.78, 5) is 46.9. The Kier molecular flexibility index (Phi) is 9.94. The van der Waals surface area contributed by atoms with Crippen LogP contribution in [0.25, 0.3) is 0 Å². The van der Waals surface area contributed by atoms with Gasteiger partial charge in [-0.2, -0.15) is 0 Å². The molecule has 1 atom stereocenters. The lowest BCUT2D eigenvalue weighted by atomic mass is 10.1. The van der Waals surface area contributed by atoms with Crippen molar-refractivity contribution in [1.82, 2.24) is 10.2 Å². The maximum Gasteiger partial charge on any atom is 0.232 e. The second kappa shape index (κ2) is 11.7. The minimum atomic E-state index is -0.267. The summed E-state index contributed by atoms with van der Waals surface area (Å²) < 4.78 is 10.6. The molecule has 0 spiro atoms. The van der Waals surface area contributed by atoms with Crippen LogP contribution in [0.4, 0.5) is 0 Å². The molecule has 8 nitrogen and oxygen atoms in total. The highest BCUT2D eigenvalue weighted by molar-refractivity contribution is 6.03. The van der Waals surface area contributed by atoms with Crippen molar-refractivity contribution < 1.29 is 28.7 Å². The van der Waals surface area contributed by atoms with E-state index >= 15 is 0 Å². The molecular formula is C17H28N2O6. The lowest BCUT2D eigenvalue weighted by Crippen LogP contribution is -2.32. The van der Waals surface area contributed by atoms with Crippen LogP contribution in [0.15, 0.2) is 0 Å². The average molecular weight is 356 g/mol. The molecule has 1 aliphatic rings. The van der Waals surface area contributed by atoms with Gasteiger partial charge in [-0.25, -0.2) is 0 Å². The highest BCUT2D eigenvalue weighted by Crippen LogP contribution is 2.18. The third kappa shape index (κ3) is 8.74. The van der Waals surface area contributed by atoms with Gasteiger partial charge in [0.05, 0.1) is 19.8 Å². The van der Waals surface area contributed by atoms with E-state index in [1.165, 1.54) is 11.8 Å². The van der Waals surface area contributed by atoms with Crippen LogP contribution in [-0.4, -0.2) is 67.9 Å². The number of ether oxygens (including phenoxy) is 2. The topological polar surface area (TPSA) is 102 Å². The summed E-state index contributed by atoms with van der Waals surface area (Å²) in [6.07, 6.45) is 1.42. The van der Waals surface area contributed by atoms with Crippen LogP contribution < -0.4 is 5.32 Å². The Hall–Kier alpha value is -1.80. The number of nitrogens with zero attached hydrogens (tertiary/aromatic N) is 1. The molecule has 25 heavy (non-hydrogen) atoms. The largest absolute Gasteiger partial charge is 0.379 e. The molecule has 1 aliphatic heterocycles. The molecule has 0 saturated carbocycles. The predicted octanol–water partition coefficient (Wildman–Crippen LogP) is 0.290. The van der Waals surface area contributed by atoms with Gasteiger partial charge in [0.2, 0.25) is 17.7 Å². The fraction of sp³-hybridized carbons (Fsp3) is 0.765. The Morgan fingerprint density at radius 1 is 1.12 bits per heavy atom. The Labute approximate surface area is 148 Å². The molecule has 1 fully saturated rings. The van der Waals surface area contributed by atoms with Crippen LogP contribution in [0.1, 0.15) is 39.5 Å². The number of hydrogen-bond acceptors (Lipinski definition) is 6. The van der Waals surface area contributed by atoms with Gasteiger partial charge in [0.25, 0.3) is 0 Å². The summed E-state index contributed by atoms with van der Waals surface area (Å²) in [5.74, 6) is -0.698. The monoisotopic (exact) mass is 356 g/mol. The quantitative estimate of drug-likeness (QED) is 0.376. The van der Waals surface area contributed by atoms with Gasteiger partial charge in [0, 0.05) is 51.8 Å². The van der Waals surface area contributed by atoms with E-state index in [1.807, 2.05) is 0 Å². The van der Waals surface area contributed by atoms with E-state index in [0.717, 1.165) is 0 Å². The van der Waals surface area contributed by atoms with Crippen molar-refractivity contribution in [1.29, 1.82) is 0 Å². The van der Waals surface area contributed by atoms with Crippen molar-refractivity contribution in [2.45, 2.75) is 39.5 Å². The predicted molar refractivity (Wildman–Crippen MR) is 89.7 cm³/mol. The van der Waals surface area contributed by atoms with Gasteiger partial charge in [0.1, 0.15) is 5.78 Å². The van der Waals surface area contributed by atoms with Crippen LogP contribution >= 0.6 is 0 Å². The van der Waals surface area contributed by atoms with Gasteiger partial charge >= 0.3 is 0 Å². The summed E-state index contributed by atoms with van der Waals surface area (Å²) in [6, 6.07) is 0. The first-order chi connectivity index (χ1) is 11.9. The van der Waals surface area contributed by atoms with Crippen LogP contribution in [0, 0.1) is 5.92 Å². The number of rotatable bonds is 13. The number of hydrogen-bond donors (Lipinski definition) is 1.